The van der Waals surface area contributed by atoms with Crippen molar-refractivity contribution in [3.05, 3.63) is 30.5 Å². The minimum absolute atomic E-state index is 0.317. The number of nitrogens with zero attached hydrogens (tertiary/aromatic N) is 2. The summed E-state index contributed by atoms with van der Waals surface area (Å²) in [5.74, 6) is 0. The fraction of sp³-hybridized carbons (Fsp3) is 0.500. The van der Waals surface area contributed by atoms with Crippen LogP contribution in [-0.2, 0) is 6.54 Å². The Morgan fingerprint density at radius 2 is 2.04 bits per heavy atom. The molecule has 1 aromatic heterocycles. The third-order valence-electron chi connectivity index (χ3n) is 4.25. The second-order valence-corrected chi connectivity index (χ2v) is 6.11. The molecule has 1 aliphatic heterocycles. The zero-order valence-electron chi connectivity index (χ0n) is 12.8. The highest BCUT2D eigenvalue weighted by molar-refractivity contribution is 5.92. The predicted molar refractivity (Wildman–Crippen MR) is 82.4 cm³/mol. The van der Waals surface area contributed by atoms with Crippen LogP contribution in [0.2, 0.25) is 0 Å². The van der Waals surface area contributed by atoms with Crippen molar-refractivity contribution in [2.45, 2.75) is 31.4 Å². The van der Waals surface area contributed by atoms with Crippen LogP contribution in [-0.4, -0.2) is 48.0 Å². The molecule has 0 aliphatic carbocycles. The highest BCUT2D eigenvalue weighted by Crippen LogP contribution is 2.29. The summed E-state index contributed by atoms with van der Waals surface area (Å²) in [5, 5.41) is 3.86. The van der Waals surface area contributed by atoms with E-state index in [9.17, 15) is 17.6 Å². The molecule has 1 aliphatic rings. The van der Waals surface area contributed by atoms with Crippen molar-refractivity contribution in [2.24, 2.45) is 0 Å². The van der Waals surface area contributed by atoms with Gasteiger partial charge in [-0.3, -0.25) is 0 Å². The number of rotatable bonds is 3. The molecule has 0 amide bonds. The number of fused-ring (bicyclic) bond motifs is 1. The molecule has 0 spiro atoms. The lowest BCUT2D eigenvalue weighted by atomic mass is 10.0. The number of hydrogen-bond donors (Lipinski definition) is 1. The minimum Gasteiger partial charge on any atom is -0.379 e. The van der Waals surface area contributed by atoms with Crippen molar-refractivity contribution in [2.75, 3.05) is 25.5 Å². The molecule has 2 atom stereocenters. The van der Waals surface area contributed by atoms with Crippen molar-refractivity contribution in [1.29, 1.82) is 0 Å². The van der Waals surface area contributed by atoms with Gasteiger partial charge in [-0.15, -0.1) is 0 Å². The lowest BCUT2D eigenvalue weighted by Crippen LogP contribution is -2.46. The number of benzene rings is 1. The SMILES string of the molecule is CN1CC[C@@H](Nc2cccc3c2ccn3CC(F)(F)F)[C@@H](F)C1. The zero-order valence-corrected chi connectivity index (χ0v) is 12.8. The quantitative estimate of drug-likeness (QED) is 0.867. The molecule has 126 valence electrons. The molecule has 2 heterocycles. The van der Waals surface area contributed by atoms with Gasteiger partial charge < -0.3 is 14.8 Å². The second kappa shape index (κ2) is 6.03. The summed E-state index contributed by atoms with van der Waals surface area (Å²) in [6.07, 6.45) is -3.18. The van der Waals surface area contributed by atoms with E-state index in [4.69, 9.17) is 0 Å². The molecule has 7 heteroatoms. The topological polar surface area (TPSA) is 20.2 Å². The molecule has 0 unspecified atom stereocenters. The van der Waals surface area contributed by atoms with Crippen LogP contribution in [0.4, 0.5) is 23.2 Å². The maximum absolute atomic E-state index is 14.2. The number of piperidine rings is 1. The molecule has 1 N–H and O–H groups in total. The third-order valence-corrected chi connectivity index (χ3v) is 4.25. The van der Waals surface area contributed by atoms with E-state index in [0.717, 1.165) is 6.54 Å². The summed E-state index contributed by atoms with van der Waals surface area (Å²) in [6, 6.07) is 6.45. The van der Waals surface area contributed by atoms with E-state index < -0.39 is 18.9 Å². The molecule has 0 saturated carbocycles. The van der Waals surface area contributed by atoms with Crippen LogP contribution in [0.1, 0.15) is 6.42 Å². The van der Waals surface area contributed by atoms with Gasteiger partial charge in [-0.1, -0.05) is 6.07 Å². The number of likely N-dealkylation sites (tertiary alicyclic amines) is 1. The molecule has 3 nitrogen and oxygen atoms in total. The number of anilines is 1. The summed E-state index contributed by atoms with van der Waals surface area (Å²) in [4.78, 5) is 1.93. The van der Waals surface area contributed by atoms with Crippen LogP contribution in [0, 0.1) is 0 Å². The first-order valence-corrected chi connectivity index (χ1v) is 7.57. The molecular weight excluding hydrogens is 310 g/mol. The molecule has 1 aromatic carbocycles. The fourth-order valence-electron chi connectivity index (χ4n) is 3.10. The Hall–Kier alpha value is -1.76. The Labute approximate surface area is 131 Å². The Morgan fingerprint density at radius 1 is 1.26 bits per heavy atom. The Bertz CT molecular complexity index is 680. The van der Waals surface area contributed by atoms with Gasteiger partial charge in [-0.05, 0) is 31.7 Å². The van der Waals surface area contributed by atoms with Crippen LogP contribution >= 0.6 is 0 Å². The predicted octanol–water partition coefficient (Wildman–Crippen LogP) is 3.66. The van der Waals surface area contributed by atoms with Gasteiger partial charge >= 0.3 is 6.18 Å². The number of hydrogen-bond acceptors (Lipinski definition) is 2. The van der Waals surface area contributed by atoms with E-state index in [1.807, 2.05) is 11.9 Å². The monoisotopic (exact) mass is 329 g/mol. The Balaban J connectivity index is 1.84. The Kier molecular flexibility index (Phi) is 4.23. The molecule has 1 saturated heterocycles. The molecule has 0 bridgehead atoms. The van der Waals surface area contributed by atoms with E-state index in [-0.39, 0.29) is 6.04 Å². The van der Waals surface area contributed by atoms with Gasteiger partial charge in [0.2, 0.25) is 0 Å². The van der Waals surface area contributed by atoms with Crippen LogP contribution in [0.25, 0.3) is 10.9 Å². The summed E-state index contributed by atoms with van der Waals surface area (Å²) in [6.45, 7) is 0.131. The second-order valence-electron chi connectivity index (χ2n) is 6.11. The highest BCUT2D eigenvalue weighted by atomic mass is 19.4. The lowest BCUT2D eigenvalue weighted by Gasteiger charge is -2.33. The average molecular weight is 329 g/mol. The summed E-state index contributed by atoms with van der Waals surface area (Å²) < 4.78 is 53.2. The van der Waals surface area contributed by atoms with Crippen molar-refractivity contribution < 1.29 is 17.6 Å². The summed E-state index contributed by atoms with van der Waals surface area (Å²) >= 11 is 0. The lowest BCUT2D eigenvalue weighted by molar-refractivity contribution is -0.139. The van der Waals surface area contributed by atoms with Crippen LogP contribution in [0.5, 0.6) is 0 Å². The molecule has 23 heavy (non-hydrogen) atoms. The van der Waals surface area contributed by atoms with Crippen LogP contribution in [0.3, 0.4) is 0 Å². The van der Waals surface area contributed by atoms with E-state index in [2.05, 4.69) is 5.32 Å². The first-order chi connectivity index (χ1) is 10.8. The maximum Gasteiger partial charge on any atom is 0.406 e. The number of alkyl halides is 4. The van der Waals surface area contributed by atoms with E-state index in [1.54, 1.807) is 24.3 Å². The van der Waals surface area contributed by atoms with Crippen LogP contribution < -0.4 is 5.32 Å². The number of aromatic nitrogens is 1. The zero-order chi connectivity index (χ0) is 16.6. The third kappa shape index (κ3) is 3.60. The number of halogens is 4. The van der Waals surface area contributed by atoms with E-state index >= 15 is 0 Å². The maximum atomic E-state index is 14.2. The largest absolute Gasteiger partial charge is 0.406 e. The standard InChI is InChI=1S/C16H19F4N3/c1-22-7-6-14(12(17)9-22)21-13-3-2-4-15-11(13)5-8-23(15)10-16(18,19)20/h2-5,8,12,14,21H,6-7,9-10H2,1H3/t12-,14+/m0/s1. The summed E-state index contributed by atoms with van der Waals surface area (Å²) in [5.41, 5.74) is 1.18. The summed E-state index contributed by atoms with van der Waals surface area (Å²) in [7, 11) is 1.88. The van der Waals surface area contributed by atoms with Gasteiger partial charge in [-0.25, -0.2) is 4.39 Å². The van der Waals surface area contributed by atoms with E-state index in [0.29, 0.717) is 29.6 Å². The fourth-order valence-corrected chi connectivity index (χ4v) is 3.10. The minimum atomic E-state index is -4.27. The molecular formula is C16H19F4N3. The van der Waals surface area contributed by atoms with Crippen molar-refractivity contribution in [3.8, 4) is 0 Å². The molecule has 1 fully saturated rings. The first-order valence-electron chi connectivity index (χ1n) is 7.57. The Morgan fingerprint density at radius 3 is 2.74 bits per heavy atom. The van der Waals surface area contributed by atoms with Gasteiger partial charge in [0, 0.05) is 30.4 Å². The van der Waals surface area contributed by atoms with Gasteiger partial charge in [0.15, 0.2) is 0 Å². The molecule has 2 aromatic rings. The van der Waals surface area contributed by atoms with Crippen molar-refractivity contribution in [3.63, 3.8) is 0 Å². The smallest absolute Gasteiger partial charge is 0.379 e. The number of nitrogens with one attached hydrogen (secondary N) is 1. The average Bonchev–Trinajstić information content (AvgIpc) is 2.84. The van der Waals surface area contributed by atoms with Gasteiger partial charge in [-0.2, -0.15) is 13.2 Å². The molecule has 0 radical (unpaired) electrons. The normalized spacial score (nSPS) is 23.3. The van der Waals surface area contributed by atoms with Crippen LogP contribution in [0.15, 0.2) is 30.5 Å². The highest BCUT2D eigenvalue weighted by Gasteiger charge is 2.29. The first kappa shape index (κ1) is 16.1. The van der Waals surface area contributed by atoms with Crippen molar-refractivity contribution in [1.82, 2.24) is 9.47 Å². The van der Waals surface area contributed by atoms with Gasteiger partial charge in [0.25, 0.3) is 0 Å². The van der Waals surface area contributed by atoms with Crippen molar-refractivity contribution >= 4 is 16.6 Å². The van der Waals surface area contributed by atoms with E-state index in [1.165, 1.54) is 10.8 Å². The van der Waals surface area contributed by atoms with Gasteiger partial charge in [0.05, 0.1) is 11.6 Å². The van der Waals surface area contributed by atoms with Gasteiger partial charge in [0.1, 0.15) is 12.7 Å². The molecule has 3 rings (SSSR count).